The summed E-state index contributed by atoms with van der Waals surface area (Å²) in [6, 6.07) is 10.5. The highest BCUT2D eigenvalue weighted by Crippen LogP contribution is 2.33. The van der Waals surface area contributed by atoms with Crippen LogP contribution in [0.15, 0.2) is 52.2 Å². The van der Waals surface area contributed by atoms with Crippen LogP contribution in [0.3, 0.4) is 0 Å². The van der Waals surface area contributed by atoms with Crippen LogP contribution in [0.25, 0.3) is 0 Å². The van der Waals surface area contributed by atoms with Crippen LogP contribution < -0.4 is 16.0 Å². The summed E-state index contributed by atoms with van der Waals surface area (Å²) in [5.74, 6) is 0.341. The molecule has 0 radical (unpaired) electrons. The van der Waals surface area contributed by atoms with Crippen molar-refractivity contribution in [2.45, 2.75) is 25.4 Å². The molecule has 0 amide bonds. The molecule has 1 aromatic heterocycles. The van der Waals surface area contributed by atoms with Gasteiger partial charge in [-0.25, -0.2) is 4.79 Å². The standard InChI is InChI=1S/C17H20N2O6/c1-11-15(21)13(9-23-10-24-12-5-3-2-4-6-12)25-16(11)19-8-7-14(20)18-17(19)22/h2-8,11,13,15-16,21H,9-10H2,1H3,(H,18,20,22)/t11-,13+,15-,16+/m0/s1. The second kappa shape index (κ2) is 7.64. The van der Waals surface area contributed by atoms with Gasteiger partial charge in [-0.2, -0.15) is 0 Å². The Morgan fingerprint density at radius 2 is 2.00 bits per heavy atom. The van der Waals surface area contributed by atoms with E-state index in [1.807, 2.05) is 30.3 Å². The minimum Gasteiger partial charge on any atom is -0.468 e. The lowest BCUT2D eigenvalue weighted by atomic mass is 10.0. The van der Waals surface area contributed by atoms with Gasteiger partial charge in [0, 0.05) is 18.2 Å². The Bertz CT molecular complexity index is 803. The molecule has 1 aromatic carbocycles. The summed E-state index contributed by atoms with van der Waals surface area (Å²) in [6.07, 6.45) is -0.724. The molecule has 0 aliphatic carbocycles. The zero-order chi connectivity index (χ0) is 17.8. The Kier molecular flexibility index (Phi) is 5.32. The number of ether oxygens (including phenoxy) is 3. The molecule has 2 aromatic rings. The molecule has 1 aliphatic rings. The minimum absolute atomic E-state index is 0.0221. The minimum atomic E-state index is -0.805. The van der Waals surface area contributed by atoms with Crippen molar-refractivity contribution in [3.8, 4) is 5.75 Å². The van der Waals surface area contributed by atoms with Gasteiger partial charge in [-0.3, -0.25) is 14.3 Å². The third-order valence-corrected chi connectivity index (χ3v) is 4.14. The molecule has 8 nitrogen and oxygen atoms in total. The summed E-state index contributed by atoms with van der Waals surface area (Å²) >= 11 is 0. The van der Waals surface area contributed by atoms with Gasteiger partial charge in [0.15, 0.2) is 6.79 Å². The van der Waals surface area contributed by atoms with Gasteiger partial charge in [0.25, 0.3) is 5.56 Å². The molecular weight excluding hydrogens is 328 g/mol. The molecule has 134 valence electrons. The van der Waals surface area contributed by atoms with Crippen molar-refractivity contribution < 1.29 is 19.3 Å². The second-order valence-electron chi connectivity index (χ2n) is 5.88. The number of aromatic nitrogens is 2. The Morgan fingerprint density at radius 1 is 1.24 bits per heavy atom. The number of hydrogen-bond acceptors (Lipinski definition) is 6. The topological polar surface area (TPSA) is 103 Å². The van der Waals surface area contributed by atoms with Crippen LogP contribution in [0.5, 0.6) is 5.75 Å². The SMILES string of the molecule is C[C@H]1[C@H](O)[C@@H](COCOc2ccccc2)O[C@H]1n1ccc(=O)[nH]c1=O. The third-order valence-electron chi connectivity index (χ3n) is 4.14. The van der Waals surface area contributed by atoms with E-state index in [9.17, 15) is 14.7 Å². The highest BCUT2D eigenvalue weighted by Gasteiger charge is 2.42. The van der Waals surface area contributed by atoms with Crippen molar-refractivity contribution in [2.75, 3.05) is 13.4 Å². The molecule has 2 N–H and O–H groups in total. The van der Waals surface area contributed by atoms with Crippen molar-refractivity contribution in [3.63, 3.8) is 0 Å². The van der Waals surface area contributed by atoms with Gasteiger partial charge < -0.3 is 19.3 Å². The van der Waals surface area contributed by atoms with Gasteiger partial charge in [0.05, 0.1) is 12.7 Å². The van der Waals surface area contributed by atoms with Gasteiger partial charge in [-0.05, 0) is 12.1 Å². The highest BCUT2D eigenvalue weighted by atomic mass is 16.7. The van der Waals surface area contributed by atoms with Crippen LogP contribution in [0, 0.1) is 5.92 Å². The Morgan fingerprint density at radius 3 is 2.72 bits per heavy atom. The van der Waals surface area contributed by atoms with E-state index in [1.54, 1.807) is 6.92 Å². The Balaban J connectivity index is 1.56. The molecule has 0 unspecified atom stereocenters. The Labute approximate surface area is 143 Å². The number of H-pyrrole nitrogens is 1. The molecule has 0 bridgehead atoms. The van der Waals surface area contributed by atoms with Gasteiger partial charge in [-0.1, -0.05) is 25.1 Å². The summed E-state index contributed by atoms with van der Waals surface area (Å²) in [6.45, 7) is 1.91. The number of para-hydroxylation sites is 1. The molecule has 0 spiro atoms. The fraction of sp³-hybridized carbons (Fsp3) is 0.412. The molecule has 8 heteroatoms. The molecule has 2 heterocycles. The first-order chi connectivity index (χ1) is 12.1. The van der Waals surface area contributed by atoms with E-state index in [1.165, 1.54) is 16.8 Å². The number of nitrogens with zero attached hydrogens (tertiary/aromatic N) is 1. The maximum absolute atomic E-state index is 11.9. The fourth-order valence-electron chi connectivity index (χ4n) is 2.77. The summed E-state index contributed by atoms with van der Waals surface area (Å²) < 4.78 is 17.9. The number of nitrogens with one attached hydrogen (secondary N) is 1. The lowest BCUT2D eigenvalue weighted by Gasteiger charge is -2.17. The lowest BCUT2D eigenvalue weighted by molar-refractivity contribution is -0.0871. The van der Waals surface area contributed by atoms with Crippen molar-refractivity contribution in [1.82, 2.24) is 9.55 Å². The largest absolute Gasteiger partial charge is 0.468 e. The molecular formula is C17H20N2O6. The summed E-state index contributed by atoms with van der Waals surface area (Å²) in [4.78, 5) is 25.2. The van der Waals surface area contributed by atoms with E-state index >= 15 is 0 Å². The van der Waals surface area contributed by atoms with Gasteiger partial charge in [0.1, 0.15) is 18.1 Å². The van der Waals surface area contributed by atoms with Crippen LogP contribution in [0.2, 0.25) is 0 Å². The predicted molar refractivity (Wildman–Crippen MR) is 88.3 cm³/mol. The number of aromatic amines is 1. The van der Waals surface area contributed by atoms with Gasteiger partial charge in [-0.15, -0.1) is 0 Å². The number of aliphatic hydroxyl groups is 1. The van der Waals surface area contributed by atoms with Gasteiger partial charge >= 0.3 is 5.69 Å². The van der Waals surface area contributed by atoms with Crippen LogP contribution >= 0.6 is 0 Å². The zero-order valence-electron chi connectivity index (χ0n) is 13.7. The molecule has 1 aliphatic heterocycles. The summed E-state index contributed by atoms with van der Waals surface area (Å²) in [5, 5.41) is 10.3. The first-order valence-electron chi connectivity index (χ1n) is 7.97. The van der Waals surface area contributed by atoms with E-state index in [0.717, 1.165) is 0 Å². The van der Waals surface area contributed by atoms with Crippen LogP contribution in [0.4, 0.5) is 0 Å². The molecule has 4 atom stereocenters. The average Bonchev–Trinajstić information content (AvgIpc) is 2.88. The molecule has 0 saturated carbocycles. The smallest absolute Gasteiger partial charge is 0.330 e. The Hall–Kier alpha value is -2.42. The lowest BCUT2D eigenvalue weighted by Crippen LogP contribution is -2.33. The predicted octanol–water partition coefficient (Wildman–Crippen LogP) is 0.484. The molecule has 25 heavy (non-hydrogen) atoms. The number of aliphatic hydroxyl groups excluding tert-OH is 1. The monoisotopic (exact) mass is 348 g/mol. The summed E-state index contributed by atoms with van der Waals surface area (Å²) in [7, 11) is 0. The zero-order valence-corrected chi connectivity index (χ0v) is 13.7. The molecule has 1 fully saturated rings. The highest BCUT2D eigenvalue weighted by molar-refractivity contribution is 5.20. The van der Waals surface area contributed by atoms with E-state index < -0.39 is 29.7 Å². The first kappa shape index (κ1) is 17.4. The van der Waals surface area contributed by atoms with E-state index in [0.29, 0.717) is 5.75 Å². The van der Waals surface area contributed by atoms with Crippen molar-refractivity contribution in [3.05, 3.63) is 63.4 Å². The normalized spacial score (nSPS) is 25.8. The van der Waals surface area contributed by atoms with E-state index in [2.05, 4.69) is 4.98 Å². The van der Waals surface area contributed by atoms with E-state index in [-0.39, 0.29) is 19.3 Å². The number of hydrogen-bond donors (Lipinski definition) is 2. The number of benzene rings is 1. The van der Waals surface area contributed by atoms with Crippen molar-refractivity contribution in [1.29, 1.82) is 0 Å². The van der Waals surface area contributed by atoms with Gasteiger partial charge in [0.2, 0.25) is 0 Å². The quantitative estimate of drug-likeness (QED) is 0.582. The molecule has 3 rings (SSSR count). The van der Waals surface area contributed by atoms with E-state index in [4.69, 9.17) is 14.2 Å². The van der Waals surface area contributed by atoms with Crippen LogP contribution in [-0.2, 0) is 9.47 Å². The maximum Gasteiger partial charge on any atom is 0.330 e. The second-order valence-corrected chi connectivity index (χ2v) is 5.88. The van der Waals surface area contributed by atoms with Crippen molar-refractivity contribution in [2.24, 2.45) is 5.92 Å². The first-order valence-corrected chi connectivity index (χ1v) is 7.97. The van der Waals surface area contributed by atoms with Crippen LogP contribution in [0.1, 0.15) is 13.2 Å². The fourth-order valence-corrected chi connectivity index (χ4v) is 2.77. The molecule has 1 saturated heterocycles. The maximum atomic E-state index is 11.9. The summed E-state index contributed by atoms with van der Waals surface area (Å²) in [5.41, 5.74) is -1.06. The average molecular weight is 348 g/mol. The van der Waals surface area contributed by atoms with Crippen molar-refractivity contribution >= 4 is 0 Å². The number of rotatable bonds is 6. The van der Waals surface area contributed by atoms with Crippen LogP contribution in [-0.4, -0.2) is 40.3 Å². The third kappa shape index (κ3) is 3.98.